The van der Waals surface area contributed by atoms with Crippen LogP contribution in [0.5, 0.6) is 0 Å². The summed E-state index contributed by atoms with van der Waals surface area (Å²) >= 11 is 0. The summed E-state index contributed by atoms with van der Waals surface area (Å²) in [5.41, 5.74) is 2.08. The number of carbonyl (C=O) groups excluding carboxylic acids is 1. The highest BCUT2D eigenvalue weighted by molar-refractivity contribution is 5.84. The van der Waals surface area contributed by atoms with Gasteiger partial charge in [-0.15, -0.1) is 0 Å². The molecule has 0 bridgehead atoms. The third-order valence-corrected chi connectivity index (χ3v) is 4.59. The number of carboxylic acid groups (broad SMARTS) is 1. The van der Waals surface area contributed by atoms with Gasteiger partial charge in [0.1, 0.15) is 6.04 Å². The van der Waals surface area contributed by atoms with E-state index in [2.05, 4.69) is 5.32 Å². The Bertz CT molecular complexity index is 645. The summed E-state index contributed by atoms with van der Waals surface area (Å²) in [7, 11) is 0. The van der Waals surface area contributed by atoms with Crippen LogP contribution in [-0.2, 0) is 9.59 Å². The molecule has 132 valence electrons. The number of hydrogen-bond acceptors (Lipinski definition) is 2. The second-order valence-electron chi connectivity index (χ2n) is 6.35. The molecule has 0 heterocycles. The van der Waals surface area contributed by atoms with E-state index < -0.39 is 12.0 Å². The lowest BCUT2D eigenvalue weighted by Crippen LogP contribution is -2.45. The Labute approximate surface area is 148 Å². The van der Waals surface area contributed by atoms with Gasteiger partial charge < -0.3 is 10.4 Å². The summed E-state index contributed by atoms with van der Waals surface area (Å²) in [6.45, 7) is 3.76. The van der Waals surface area contributed by atoms with Gasteiger partial charge in [0.2, 0.25) is 5.91 Å². The van der Waals surface area contributed by atoms with Gasteiger partial charge >= 0.3 is 5.97 Å². The normalized spacial score (nSPS) is 13.2. The minimum Gasteiger partial charge on any atom is -0.480 e. The first-order valence-corrected chi connectivity index (χ1v) is 8.65. The standard InChI is InChI=1S/C21H25NO3/c1-3-15(2)20(21(24)25)22-19(23)14-18(16-10-6-4-7-11-16)17-12-8-5-9-13-17/h4-13,15,18,20H,3,14H2,1-2H3,(H,22,23)(H,24,25). The fraction of sp³-hybridized carbons (Fsp3) is 0.333. The average molecular weight is 339 g/mol. The van der Waals surface area contributed by atoms with E-state index in [1.807, 2.05) is 74.5 Å². The molecule has 0 saturated heterocycles. The number of hydrogen-bond donors (Lipinski definition) is 2. The number of carboxylic acids is 1. The predicted octanol–water partition coefficient (Wildman–Crippen LogP) is 3.82. The van der Waals surface area contributed by atoms with Gasteiger partial charge in [-0.3, -0.25) is 4.79 Å². The van der Waals surface area contributed by atoms with Crippen molar-refractivity contribution in [3.63, 3.8) is 0 Å². The molecule has 0 aliphatic heterocycles. The molecule has 2 aromatic carbocycles. The van der Waals surface area contributed by atoms with Crippen molar-refractivity contribution in [1.29, 1.82) is 0 Å². The molecule has 0 saturated carbocycles. The zero-order valence-electron chi connectivity index (χ0n) is 14.7. The molecule has 2 atom stereocenters. The van der Waals surface area contributed by atoms with E-state index in [9.17, 15) is 14.7 Å². The van der Waals surface area contributed by atoms with Gasteiger partial charge in [0.15, 0.2) is 0 Å². The molecule has 2 aromatic rings. The first-order valence-electron chi connectivity index (χ1n) is 8.65. The van der Waals surface area contributed by atoms with Crippen LogP contribution in [0.15, 0.2) is 60.7 Å². The minimum atomic E-state index is -0.987. The van der Waals surface area contributed by atoms with Gasteiger partial charge in [-0.1, -0.05) is 80.9 Å². The van der Waals surface area contributed by atoms with E-state index in [-0.39, 0.29) is 24.2 Å². The zero-order chi connectivity index (χ0) is 18.2. The summed E-state index contributed by atoms with van der Waals surface area (Å²) < 4.78 is 0. The quantitative estimate of drug-likeness (QED) is 0.768. The van der Waals surface area contributed by atoms with Crippen LogP contribution in [0.2, 0.25) is 0 Å². The van der Waals surface area contributed by atoms with Gasteiger partial charge in [-0.25, -0.2) is 4.79 Å². The molecule has 0 aromatic heterocycles. The van der Waals surface area contributed by atoms with Crippen LogP contribution in [0.4, 0.5) is 0 Å². The number of amides is 1. The number of benzene rings is 2. The number of nitrogens with one attached hydrogen (secondary N) is 1. The van der Waals surface area contributed by atoms with Crippen molar-refractivity contribution < 1.29 is 14.7 Å². The highest BCUT2D eigenvalue weighted by Crippen LogP contribution is 2.28. The van der Waals surface area contributed by atoms with Crippen LogP contribution in [0, 0.1) is 5.92 Å². The Balaban J connectivity index is 2.19. The van der Waals surface area contributed by atoms with Crippen molar-refractivity contribution in [2.24, 2.45) is 5.92 Å². The monoisotopic (exact) mass is 339 g/mol. The first kappa shape index (κ1) is 18.7. The zero-order valence-corrected chi connectivity index (χ0v) is 14.7. The largest absolute Gasteiger partial charge is 0.480 e. The van der Waals surface area contributed by atoms with Gasteiger partial charge in [-0.2, -0.15) is 0 Å². The van der Waals surface area contributed by atoms with Crippen molar-refractivity contribution >= 4 is 11.9 Å². The second kappa shape index (κ2) is 9.02. The molecule has 2 rings (SSSR count). The summed E-state index contributed by atoms with van der Waals surface area (Å²) in [6.07, 6.45) is 0.909. The van der Waals surface area contributed by atoms with Crippen LogP contribution in [-0.4, -0.2) is 23.0 Å². The molecule has 0 aliphatic carbocycles. The maximum atomic E-state index is 12.6. The third-order valence-electron chi connectivity index (χ3n) is 4.59. The van der Waals surface area contributed by atoms with Crippen LogP contribution in [0.25, 0.3) is 0 Å². The third kappa shape index (κ3) is 5.18. The maximum absolute atomic E-state index is 12.6. The number of rotatable bonds is 8. The van der Waals surface area contributed by atoms with E-state index in [0.29, 0.717) is 6.42 Å². The van der Waals surface area contributed by atoms with Gasteiger partial charge in [0.05, 0.1) is 0 Å². The summed E-state index contributed by atoms with van der Waals surface area (Å²) in [5, 5.41) is 12.1. The molecule has 2 unspecified atom stereocenters. The minimum absolute atomic E-state index is 0.103. The van der Waals surface area contributed by atoms with Crippen molar-refractivity contribution in [2.75, 3.05) is 0 Å². The van der Waals surface area contributed by atoms with Crippen molar-refractivity contribution in [3.8, 4) is 0 Å². The van der Waals surface area contributed by atoms with E-state index in [0.717, 1.165) is 11.1 Å². The maximum Gasteiger partial charge on any atom is 0.326 e. The fourth-order valence-electron chi connectivity index (χ4n) is 2.90. The molecule has 4 nitrogen and oxygen atoms in total. The van der Waals surface area contributed by atoms with Crippen LogP contribution in [0.3, 0.4) is 0 Å². The second-order valence-corrected chi connectivity index (χ2v) is 6.35. The van der Waals surface area contributed by atoms with E-state index >= 15 is 0 Å². The van der Waals surface area contributed by atoms with E-state index in [4.69, 9.17) is 0 Å². The Hall–Kier alpha value is -2.62. The highest BCUT2D eigenvalue weighted by Gasteiger charge is 2.27. The fourth-order valence-corrected chi connectivity index (χ4v) is 2.90. The lowest BCUT2D eigenvalue weighted by molar-refractivity contribution is -0.143. The van der Waals surface area contributed by atoms with Crippen molar-refractivity contribution in [1.82, 2.24) is 5.32 Å². The Morgan fingerprint density at radius 3 is 1.84 bits per heavy atom. The molecular formula is C21H25NO3. The molecule has 0 radical (unpaired) electrons. The van der Waals surface area contributed by atoms with Gasteiger partial charge in [-0.05, 0) is 17.0 Å². The molecule has 25 heavy (non-hydrogen) atoms. The smallest absolute Gasteiger partial charge is 0.326 e. The first-order chi connectivity index (χ1) is 12.0. The molecule has 1 amide bonds. The Kier molecular flexibility index (Phi) is 6.75. The Morgan fingerprint density at radius 1 is 0.960 bits per heavy atom. The summed E-state index contributed by atoms with van der Waals surface area (Å²) in [4.78, 5) is 24.0. The van der Waals surface area contributed by atoms with E-state index in [1.54, 1.807) is 0 Å². The molecule has 0 fully saturated rings. The van der Waals surface area contributed by atoms with Crippen molar-refractivity contribution in [3.05, 3.63) is 71.8 Å². The highest BCUT2D eigenvalue weighted by atomic mass is 16.4. The van der Waals surface area contributed by atoms with Crippen LogP contribution >= 0.6 is 0 Å². The Morgan fingerprint density at radius 2 is 1.44 bits per heavy atom. The topological polar surface area (TPSA) is 66.4 Å². The van der Waals surface area contributed by atoms with E-state index in [1.165, 1.54) is 0 Å². The summed E-state index contributed by atoms with van der Waals surface area (Å²) in [5.74, 6) is -1.45. The molecule has 0 aliphatic rings. The molecule has 0 spiro atoms. The average Bonchev–Trinajstić information content (AvgIpc) is 2.64. The van der Waals surface area contributed by atoms with Crippen molar-refractivity contribution in [2.45, 2.75) is 38.6 Å². The number of aliphatic carboxylic acids is 1. The molecule has 4 heteroatoms. The van der Waals surface area contributed by atoms with Gasteiger partial charge in [0.25, 0.3) is 0 Å². The predicted molar refractivity (Wildman–Crippen MR) is 98.4 cm³/mol. The van der Waals surface area contributed by atoms with Crippen LogP contribution in [0.1, 0.15) is 43.7 Å². The summed E-state index contributed by atoms with van der Waals surface area (Å²) in [6, 6.07) is 18.8. The molecule has 2 N–H and O–H groups in total. The SMILES string of the molecule is CCC(C)C(NC(=O)CC(c1ccccc1)c1ccccc1)C(=O)O. The molecular weight excluding hydrogens is 314 g/mol. The lowest BCUT2D eigenvalue weighted by atomic mass is 9.88. The lowest BCUT2D eigenvalue weighted by Gasteiger charge is -2.23. The van der Waals surface area contributed by atoms with Gasteiger partial charge in [0, 0.05) is 12.3 Å². The number of carbonyl (C=O) groups is 2. The van der Waals surface area contributed by atoms with Crippen LogP contribution < -0.4 is 5.32 Å².